The SMILES string of the molecule is O=Cc1ccc2c(c1)S(=O)(=O)CCC2=O. The third-order valence-electron chi connectivity index (χ3n) is 2.38. The summed E-state index contributed by atoms with van der Waals surface area (Å²) in [6, 6.07) is 4.11. The van der Waals surface area contributed by atoms with E-state index in [4.69, 9.17) is 0 Å². The van der Waals surface area contributed by atoms with E-state index in [1.165, 1.54) is 18.2 Å². The maximum atomic E-state index is 11.6. The number of ketones is 1. The van der Waals surface area contributed by atoms with Gasteiger partial charge in [0.15, 0.2) is 15.6 Å². The molecule has 0 bridgehead atoms. The summed E-state index contributed by atoms with van der Waals surface area (Å²) in [7, 11) is -3.39. The topological polar surface area (TPSA) is 68.3 Å². The molecule has 0 fully saturated rings. The minimum absolute atomic E-state index is 0.0108. The van der Waals surface area contributed by atoms with Crippen molar-refractivity contribution in [1.29, 1.82) is 0 Å². The smallest absolute Gasteiger partial charge is 0.179 e. The molecule has 1 aliphatic rings. The van der Waals surface area contributed by atoms with Crippen molar-refractivity contribution in [2.75, 3.05) is 5.75 Å². The molecule has 1 heterocycles. The predicted octanol–water partition coefficient (Wildman–Crippen LogP) is 0.859. The fourth-order valence-corrected chi connectivity index (χ4v) is 3.08. The minimum atomic E-state index is -3.39. The molecular formula is C10H8O4S. The van der Waals surface area contributed by atoms with E-state index in [-0.39, 0.29) is 34.0 Å². The van der Waals surface area contributed by atoms with Crippen LogP contribution in [0.4, 0.5) is 0 Å². The van der Waals surface area contributed by atoms with E-state index in [1.807, 2.05) is 0 Å². The highest BCUT2D eigenvalue weighted by Gasteiger charge is 2.28. The molecule has 0 saturated carbocycles. The van der Waals surface area contributed by atoms with Gasteiger partial charge in [-0.15, -0.1) is 0 Å². The Morgan fingerprint density at radius 1 is 1.27 bits per heavy atom. The maximum absolute atomic E-state index is 11.6. The summed E-state index contributed by atoms with van der Waals surface area (Å²) in [5, 5.41) is 0. The van der Waals surface area contributed by atoms with Crippen molar-refractivity contribution in [1.82, 2.24) is 0 Å². The molecule has 0 saturated heterocycles. The lowest BCUT2D eigenvalue weighted by molar-refractivity contribution is 0.0982. The van der Waals surface area contributed by atoms with Crippen molar-refractivity contribution >= 4 is 21.9 Å². The number of hydrogen-bond donors (Lipinski definition) is 0. The van der Waals surface area contributed by atoms with Crippen molar-refractivity contribution in [3.05, 3.63) is 29.3 Å². The first-order valence-corrected chi connectivity index (χ1v) is 6.05. The Bertz CT molecular complexity index is 543. The second-order valence-corrected chi connectivity index (χ2v) is 5.44. The Morgan fingerprint density at radius 2 is 2.00 bits per heavy atom. The number of hydrogen-bond acceptors (Lipinski definition) is 4. The van der Waals surface area contributed by atoms with Gasteiger partial charge in [-0.3, -0.25) is 9.59 Å². The predicted molar refractivity (Wildman–Crippen MR) is 52.8 cm³/mol. The van der Waals surface area contributed by atoms with Gasteiger partial charge in [-0.1, -0.05) is 6.07 Å². The van der Waals surface area contributed by atoms with Crippen molar-refractivity contribution in [3.8, 4) is 0 Å². The third kappa shape index (κ3) is 1.59. The summed E-state index contributed by atoms with van der Waals surface area (Å²) in [5.74, 6) is -0.349. The largest absolute Gasteiger partial charge is 0.298 e. The van der Waals surface area contributed by atoms with Crippen LogP contribution >= 0.6 is 0 Å². The molecule has 1 aromatic rings. The molecular weight excluding hydrogens is 216 g/mol. The monoisotopic (exact) mass is 224 g/mol. The molecule has 15 heavy (non-hydrogen) atoms. The van der Waals surface area contributed by atoms with Gasteiger partial charge in [0.05, 0.1) is 10.6 Å². The summed E-state index contributed by atoms with van der Waals surface area (Å²) in [6.45, 7) is 0. The van der Waals surface area contributed by atoms with Gasteiger partial charge in [-0.05, 0) is 12.1 Å². The van der Waals surface area contributed by atoms with Crippen LogP contribution < -0.4 is 0 Å². The molecule has 4 nitrogen and oxygen atoms in total. The average Bonchev–Trinajstić information content (AvgIpc) is 2.24. The minimum Gasteiger partial charge on any atom is -0.298 e. The van der Waals surface area contributed by atoms with E-state index in [2.05, 4.69) is 0 Å². The number of carbonyl (C=O) groups is 2. The zero-order valence-corrected chi connectivity index (χ0v) is 8.58. The van der Waals surface area contributed by atoms with E-state index >= 15 is 0 Å². The number of benzene rings is 1. The number of fused-ring (bicyclic) bond motifs is 1. The van der Waals surface area contributed by atoms with Crippen molar-refractivity contribution in [2.24, 2.45) is 0 Å². The number of rotatable bonds is 1. The van der Waals surface area contributed by atoms with Crippen LogP contribution in [-0.4, -0.2) is 26.2 Å². The highest BCUT2D eigenvalue weighted by atomic mass is 32.2. The molecule has 0 spiro atoms. The second kappa shape index (κ2) is 3.27. The Balaban J connectivity index is 2.74. The zero-order chi connectivity index (χ0) is 11.1. The number of sulfone groups is 1. The lowest BCUT2D eigenvalue weighted by Gasteiger charge is -2.14. The summed E-state index contributed by atoms with van der Waals surface area (Å²) in [4.78, 5) is 21.9. The Morgan fingerprint density at radius 3 is 2.67 bits per heavy atom. The fourth-order valence-electron chi connectivity index (χ4n) is 1.57. The number of aldehydes is 1. The first-order valence-electron chi connectivity index (χ1n) is 4.40. The molecule has 0 atom stereocenters. The first-order chi connectivity index (χ1) is 7.04. The summed E-state index contributed by atoms with van der Waals surface area (Å²) in [5.41, 5.74) is 0.471. The van der Waals surface area contributed by atoms with Gasteiger partial charge in [0, 0.05) is 17.5 Å². The number of Topliss-reactive ketones (excluding diaryl/α,β-unsaturated/α-hetero) is 1. The molecule has 0 amide bonds. The van der Waals surface area contributed by atoms with Crippen molar-refractivity contribution in [2.45, 2.75) is 11.3 Å². The van der Waals surface area contributed by atoms with Crippen LogP contribution in [-0.2, 0) is 9.84 Å². The van der Waals surface area contributed by atoms with Crippen LogP contribution in [0.25, 0.3) is 0 Å². The van der Waals surface area contributed by atoms with E-state index in [0.29, 0.717) is 6.29 Å². The molecule has 2 rings (SSSR count). The fraction of sp³-hybridized carbons (Fsp3) is 0.200. The molecule has 0 aliphatic carbocycles. The van der Waals surface area contributed by atoms with Crippen LogP contribution in [0.15, 0.2) is 23.1 Å². The summed E-state index contributed by atoms with van der Waals surface area (Å²) < 4.78 is 23.2. The summed E-state index contributed by atoms with van der Waals surface area (Å²) >= 11 is 0. The molecule has 5 heteroatoms. The van der Waals surface area contributed by atoms with Gasteiger partial charge >= 0.3 is 0 Å². The van der Waals surface area contributed by atoms with Crippen LogP contribution in [0.2, 0.25) is 0 Å². The highest BCUT2D eigenvalue weighted by Crippen LogP contribution is 2.25. The number of carbonyl (C=O) groups excluding carboxylic acids is 2. The van der Waals surface area contributed by atoms with E-state index in [0.717, 1.165) is 0 Å². The molecule has 78 valence electrons. The van der Waals surface area contributed by atoms with Gasteiger partial charge in [0.1, 0.15) is 6.29 Å². The van der Waals surface area contributed by atoms with Crippen LogP contribution in [0, 0.1) is 0 Å². The van der Waals surface area contributed by atoms with E-state index < -0.39 is 9.84 Å². The Labute approximate surface area is 86.8 Å². The van der Waals surface area contributed by atoms with Gasteiger partial charge in [-0.25, -0.2) is 8.42 Å². The molecule has 0 N–H and O–H groups in total. The zero-order valence-electron chi connectivity index (χ0n) is 7.76. The Kier molecular flexibility index (Phi) is 2.19. The van der Waals surface area contributed by atoms with E-state index in [1.54, 1.807) is 0 Å². The maximum Gasteiger partial charge on any atom is 0.179 e. The van der Waals surface area contributed by atoms with Crippen molar-refractivity contribution < 1.29 is 18.0 Å². The van der Waals surface area contributed by atoms with Crippen molar-refractivity contribution in [3.63, 3.8) is 0 Å². The Hall–Kier alpha value is -1.49. The second-order valence-electron chi connectivity index (χ2n) is 3.37. The van der Waals surface area contributed by atoms with Crippen LogP contribution in [0.5, 0.6) is 0 Å². The molecule has 1 aliphatic heterocycles. The highest BCUT2D eigenvalue weighted by molar-refractivity contribution is 7.91. The first kappa shape index (κ1) is 10.0. The molecule has 0 aromatic heterocycles. The van der Waals surface area contributed by atoms with Gasteiger partial charge < -0.3 is 0 Å². The van der Waals surface area contributed by atoms with Gasteiger partial charge in [-0.2, -0.15) is 0 Å². The van der Waals surface area contributed by atoms with E-state index in [9.17, 15) is 18.0 Å². The molecule has 1 aromatic carbocycles. The summed E-state index contributed by atoms with van der Waals surface area (Å²) in [6.07, 6.45) is 0.588. The molecule has 0 unspecified atom stereocenters. The average molecular weight is 224 g/mol. The lowest BCUT2D eigenvalue weighted by Crippen LogP contribution is -2.21. The van der Waals surface area contributed by atoms with Crippen LogP contribution in [0.3, 0.4) is 0 Å². The van der Waals surface area contributed by atoms with Gasteiger partial charge in [0.25, 0.3) is 0 Å². The quantitative estimate of drug-likeness (QED) is 0.663. The lowest BCUT2D eigenvalue weighted by atomic mass is 10.1. The standard InChI is InChI=1S/C10H8O4S/c11-6-7-1-2-8-9(12)3-4-15(13,14)10(8)5-7/h1-2,5-6H,3-4H2. The normalized spacial score (nSPS) is 18.3. The third-order valence-corrected chi connectivity index (χ3v) is 4.12. The molecule has 0 radical (unpaired) electrons. The van der Waals surface area contributed by atoms with Gasteiger partial charge in [0.2, 0.25) is 0 Å². The van der Waals surface area contributed by atoms with Crippen LogP contribution in [0.1, 0.15) is 27.1 Å².